The fraction of sp³-hybridized carbons (Fsp3) is 0.231. The van der Waals surface area contributed by atoms with Crippen molar-refractivity contribution in [3.63, 3.8) is 0 Å². The number of rotatable bonds is 2. The number of halogens is 1. The third-order valence-electron chi connectivity index (χ3n) is 3.46. The molecule has 1 aromatic carbocycles. The van der Waals surface area contributed by atoms with E-state index in [-0.39, 0.29) is 11.4 Å². The van der Waals surface area contributed by atoms with Crippen LogP contribution in [0.15, 0.2) is 35.5 Å². The maximum Gasteiger partial charge on any atom is 0.243 e. The summed E-state index contributed by atoms with van der Waals surface area (Å²) in [5.74, 6) is 0.420. The predicted molar refractivity (Wildman–Crippen MR) is 79.2 cm³/mol. The van der Waals surface area contributed by atoms with E-state index in [1.807, 2.05) is 0 Å². The molecule has 3 rings (SSSR count). The maximum atomic E-state index is 12.6. The van der Waals surface area contributed by atoms with Crippen molar-refractivity contribution < 1.29 is 8.42 Å². The van der Waals surface area contributed by atoms with Gasteiger partial charge in [0, 0.05) is 17.1 Å². The van der Waals surface area contributed by atoms with Crippen LogP contribution in [-0.4, -0.2) is 29.2 Å². The Morgan fingerprint density at radius 2 is 1.90 bits per heavy atom. The number of nitrogens with two attached hydrogens (primary N) is 1. The van der Waals surface area contributed by atoms with Crippen LogP contribution in [-0.2, 0) is 23.0 Å². The summed E-state index contributed by atoms with van der Waals surface area (Å²) in [6.45, 7) is 0.558. The van der Waals surface area contributed by atoms with Gasteiger partial charge in [-0.3, -0.25) is 0 Å². The molecule has 0 saturated carbocycles. The molecule has 110 valence electrons. The van der Waals surface area contributed by atoms with Crippen LogP contribution in [0.3, 0.4) is 0 Å². The van der Waals surface area contributed by atoms with Gasteiger partial charge in [0.15, 0.2) is 0 Å². The van der Waals surface area contributed by atoms with E-state index in [0.717, 1.165) is 5.56 Å². The molecule has 21 heavy (non-hydrogen) atoms. The monoisotopic (exact) mass is 324 g/mol. The lowest BCUT2D eigenvalue weighted by atomic mass is 10.1. The van der Waals surface area contributed by atoms with Crippen LogP contribution < -0.4 is 5.73 Å². The minimum absolute atomic E-state index is 0.201. The highest BCUT2D eigenvalue weighted by atomic mass is 35.5. The van der Waals surface area contributed by atoms with Gasteiger partial charge in [-0.05, 0) is 30.7 Å². The second-order valence-electron chi connectivity index (χ2n) is 4.73. The highest BCUT2D eigenvalue weighted by molar-refractivity contribution is 7.89. The normalized spacial score (nSPS) is 15.7. The number of hydrogen-bond acceptors (Lipinski definition) is 5. The summed E-state index contributed by atoms with van der Waals surface area (Å²) in [5.41, 5.74) is 7.28. The third kappa shape index (κ3) is 2.59. The van der Waals surface area contributed by atoms with Gasteiger partial charge in [0.1, 0.15) is 12.1 Å². The van der Waals surface area contributed by atoms with Gasteiger partial charge in [0.05, 0.1) is 17.1 Å². The zero-order valence-corrected chi connectivity index (χ0v) is 12.6. The maximum absolute atomic E-state index is 12.6. The topological polar surface area (TPSA) is 89.2 Å². The lowest BCUT2D eigenvalue weighted by Gasteiger charge is -2.27. The Balaban J connectivity index is 1.93. The van der Waals surface area contributed by atoms with E-state index >= 15 is 0 Å². The van der Waals surface area contributed by atoms with Crippen LogP contribution in [0.5, 0.6) is 0 Å². The van der Waals surface area contributed by atoms with Gasteiger partial charge in [-0.15, -0.1) is 0 Å². The van der Waals surface area contributed by atoms with E-state index in [9.17, 15) is 8.42 Å². The number of benzene rings is 1. The number of sulfonamides is 1. The molecule has 0 unspecified atom stereocenters. The summed E-state index contributed by atoms with van der Waals surface area (Å²) in [5, 5.41) is 0.499. The molecule has 0 fully saturated rings. The van der Waals surface area contributed by atoms with Crippen molar-refractivity contribution in [2.45, 2.75) is 17.9 Å². The van der Waals surface area contributed by atoms with Crippen LogP contribution in [0.4, 0.5) is 5.82 Å². The quantitative estimate of drug-likeness (QED) is 0.903. The summed E-state index contributed by atoms with van der Waals surface area (Å²) < 4.78 is 26.6. The number of hydrogen-bond donors (Lipinski definition) is 1. The standard InChI is InChI=1S/C13H13ClN4O2S/c14-9-1-3-10(4-2-9)21(19,20)18-6-5-11-12(7-18)16-8-17-13(11)15/h1-4,8H,5-7H2,(H2,15,16,17). The van der Waals surface area contributed by atoms with Crippen molar-refractivity contribution in [3.05, 3.63) is 46.9 Å². The first-order valence-electron chi connectivity index (χ1n) is 6.32. The molecule has 2 heterocycles. The fourth-order valence-corrected chi connectivity index (χ4v) is 3.84. The first-order chi connectivity index (χ1) is 9.98. The molecule has 6 nitrogen and oxygen atoms in total. The summed E-state index contributed by atoms with van der Waals surface area (Å²) in [6.07, 6.45) is 1.86. The molecule has 0 spiro atoms. The molecule has 0 aliphatic carbocycles. The Hall–Kier alpha value is -1.70. The molecular weight excluding hydrogens is 312 g/mol. The highest BCUT2D eigenvalue weighted by Crippen LogP contribution is 2.26. The minimum Gasteiger partial charge on any atom is -0.383 e. The third-order valence-corrected chi connectivity index (χ3v) is 5.57. The van der Waals surface area contributed by atoms with Crippen LogP contribution >= 0.6 is 11.6 Å². The predicted octanol–water partition coefficient (Wildman–Crippen LogP) is 1.46. The van der Waals surface area contributed by atoms with E-state index in [1.165, 1.54) is 22.8 Å². The number of fused-ring (bicyclic) bond motifs is 1. The fourth-order valence-electron chi connectivity index (χ4n) is 2.32. The molecule has 2 N–H and O–H groups in total. The van der Waals surface area contributed by atoms with Crippen molar-refractivity contribution in [2.24, 2.45) is 0 Å². The SMILES string of the molecule is Nc1ncnc2c1CCN(S(=O)(=O)c1ccc(Cl)cc1)C2. The van der Waals surface area contributed by atoms with E-state index in [4.69, 9.17) is 17.3 Å². The summed E-state index contributed by atoms with van der Waals surface area (Å²) >= 11 is 5.79. The first kappa shape index (κ1) is 14.2. The Kier molecular flexibility index (Phi) is 3.56. The molecule has 0 bridgehead atoms. The number of anilines is 1. The Bertz CT molecular complexity index is 777. The number of nitrogen functional groups attached to an aromatic ring is 1. The molecule has 8 heteroatoms. The van der Waals surface area contributed by atoms with Crippen molar-refractivity contribution in [1.82, 2.24) is 14.3 Å². The zero-order valence-electron chi connectivity index (χ0n) is 11.0. The molecule has 0 radical (unpaired) electrons. The molecule has 0 saturated heterocycles. The van der Waals surface area contributed by atoms with Crippen molar-refractivity contribution in [3.8, 4) is 0 Å². The Morgan fingerprint density at radius 3 is 2.62 bits per heavy atom. The number of aromatic nitrogens is 2. The van der Waals surface area contributed by atoms with E-state index < -0.39 is 10.0 Å². The van der Waals surface area contributed by atoms with Crippen LogP contribution in [0.25, 0.3) is 0 Å². The summed E-state index contributed by atoms with van der Waals surface area (Å²) in [7, 11) is -3.56. The van der Waals surface area contributed by atoms with Crippen molar-refractivity contribution in [1.29, 1.82) is 0 Å². The summed E-state index contributed by atoms with van der Waals surface area (Å²) in [4.78, 5) is 8.28. The molecule has 1 aliphatic rings. The molecule has 1 aliphatic heterocycles. The second-order valence-corrected chi connectivity index (χ2v) is 7.10. The van der Waals surface area contributed by atoms with Gasteiger partial charge in [-0.25, -0.2) is 18.4 Å². The lowest BCUT2D eigenvalue weighted by molar-refractivity contribution is 0.385. The molecule has 1 aromatic heterocycles. The largest absolute Gasteiger partial charge is 0.383 e. The van der Waals surface area contributed by atoms with Gasteiger partial charge in [-0.2, -0.15) is 4.31 Å². The molecule has 0 atom stereocenters. The van der Waals surface area contributed by atoms with Gasteiger partial charge in [-0.1, -0.05) is 11.6 Å². The van der Waals surface area contributed by atoms with Gasteiger partial charge < -0.3 is 5.73 Å². The minimum atomic E-state index is -3.56. The van der Waals surface area contributed by atoms with Crippen LogP contribution in [0.2, 0.25) is 5.02 Å². The van der Waals surface area contributed by atoms with Crippen molar-refractivity contribution >= 4 is 27.4 Å². The first-order valence-corrected chi connectivity index (χ1v) is 8.14. The van der Waals surface area contributed by atoms with Crippen LogP contribution in [0, 0.1) is 0 Å². The van der Waals surface area contributed by atoms with E-state index in [2.05, 4.69) is 9.97 Å². The van der Waals surface area contributed by atoms with Crippen LogP contribution in [0.1, 0.15) is 11.3 Å². The average Bonchev–Trinajstić information content (AvgIpc) is 2.47. The Morgan fingerprint density at radius 1 is 1.19 bits per heavy atom. The second kappa shape index (κ2) is 5.25. The molecular formula is C13H13ClN4O2S. The highest BCUT2D eigenvalue weighted by Gasteiger charge is 2.29. The summed E-state index contributed by atoms with van der Waals surface area (Å²) in [6, 6.07) is 6.13. The van der Waals surface area contributed by atoms with E-state index in [1.54, 1.807) is 12.1 Å². The smallest absolute Gasteiger partial charge is 0.243 e. The van der Waals surface area contributed by atoms with Gasteiger partial charge in [0.25, 0.3) is 0 Å². The van der Waals surface area contributed by atoms with Gasteiger partial charge >= 0.3 is 0 Å². The van der Waals surface area contributed by atoms with Crippen molar-refractivity contribution in [2.75, 3.05) is 12.3 Å². The molecule has 2 aromatic rings. The lowest BCUT2D eigenvalue weighted by Crippen LogP contribution is -2.36. The zero-order chi connectivity index (χ0) is 15.0. The van der Waals surface area contributed by atoms with E-state index in [0.29, 0.717) is 29.5 Å². The average molecular weight is 325 g/mol. The number of nitrogens with zero attached hydrogens (tertiary/aromatic N) is 3. The van der Waals surface area contributed by atoms with Gasteiger partial charge in [0.2, 0.25) is 10.0 Å². The Labute approximate surface area is 127 Å². The molecule has 0 amide bonds.